The lowest BCUT2D eigenvalue weighted by molar-refractivity contribution is 0.313. The van der Waals surface area contributed by atoms with Gasteiger partial charge in [-0.05, 0) is 37.4 Å². The van der Waals surface area contributed by atoms with E-state index in [-0.39, 0.29) is 0 Å². The number of pyridine rings is 3. The number of piperazine rings is 1. The highest BCUT2D eigenvalue weighted by molar-refractivity contribution is 5.93. The molecule has 6 heterocycles. The number of fused-ring (bicyclic) bond motifs is 2. The minimum absolute atomic E-state index is 0.662. The summed E-state index contributed by atoms with van der Waals surface area (Å²) in [7, 11) is 2.15. The molecule has 5 aromatic heterocycles. The van der Waals surface area contributed by atoms with Crippen LogP contribution in [0.2, 0.25) is 0 Å². The number of hydrogen-bond donors (Lipinski definition) is 2. The molecular formula is C22H21N9. The van der Waals surface area contributed by atoms with Gasteiger partial charge in [-0.1, -0.05) is 0 Å². The van der Waals surface area contributed by atoms with Gasteiger partial charge in [0, 0.05) is 50.3 Å². The van der Waals surface area contributed by atoms with Crippen molar-refractivity contribution in [3.8, 4) is 22.8 Å². The lowest BCUT2D eigenvalue weighted by Crippen LogP contribution is -2.44. The Morgan fingerprint density at radius 3 is 2.55 bits per heavy atom. The zero-order valence-corrected chi connectivity index (χ0v) is 17.1. The quantitative estimate of drug-likeness (QED) is 0.471. The largest absolute Gasteiger partial charge is 0.367 e. The first kappa shape index (κ1) is 18.0. The molecule has 9 heteroatoms. The van der Waals surface area contributed by atoms with Gasteiger partial charge in [0.05, 0.1) is 16.9 Å². The van der Waals surface area contributed by atoms with E-state index in [9.17, 15) is 0 Å². The van der Waals surface area contributed by atoms with Gasteiger partial charge in [-0.2, -0.15) is 5.10 Å². The first-order valence-corrected chi connectivity index (χ1v) is 10.3. The van der Waals surface area contributed by atoms with Crippen LogP contribution in [0.4, 0.5) is 5.69 Å². The summed E-state index contributed by atoms with van der Waals surface area (Å²) in [5, 5.41) is 7.58. The fourth-order valence-corrected chi connectivity index (χ4v) is 4.06. The number of nitrogens with one attached hydrogen (secondary N) is 2. The lowest BCUT2D eigenvalue weighted by Gasteiger charge is -2.33. The molecule has 0 spiro atoms. The first-order valence-electron chi connectivity index (χ1n) is 10.3. The van der Waals surface area contributed by atoms with E-state index in [0.717, 1.165) is 65.3 Å². The maximum absolute atomic E-state index is 4.90. The van der Waals surface area contributed by atoms with Crippen molar-refractivity contribution in [2.24, 2.45) is 0 Å². The highest BCUT2D eigenvalue weighted by atomic mass is 15.3. The summed E-state index contributed by atoms with van der Waals surface area (Å²) in [6.45, 7) is 4.01. The van der Waals surface area contributed by atoms with Gasteiger partial charge in [-0.25, -0.2) is 15.0 Å². The Hall–Kier alpha value is -3.85. The number of aromatic amines is 2. The summed E-state index contributed by atoms with van der Waals surface area (Å²) in [5.74, 6) is 0.662. The third-order valence-electron chi connectivity index (χ3n) is 5.82. The van der Waals surface area contributed by atoms with Crippen molar-refractivity contribution >= 4 is 27.9 Å². The normalized spacial score (nSPS) is 15.2. The van der Waals surface area contributed by atoms with Crippen molar-refractivity contribution in [1.82, 2.24) is 40.0 Å². The zero-order chi connectivity index (χ0) is 20.8. The number of hydrogen-bond acceptors (Lipinski definition) is 7. The molecule has 2 N–H and O–H groups in total. The second kappa shape index (κ2) is 7.13. The Morgan fingerprint density at radius 1 is 0.871 bits per heavy atom. The molecular weight excluding hydrogens is 390 g/mol. The molecule has 0 amide bonds. The molecule has 0 bridgehead atoms. The fourth-order valence-electron chi connectivity index (χ4n) is 4.06. The number of rotatable bonds is 3. The maximum Gasteiger partial charge on any atom is 0.162 e. The first-order chi connectivity index (χ1) is 15.3. The van der Waals surface area contributed by atoms with Crippen molar-refractivity contribution in [3.63, 3.8) is 0 Å². The Labute approximate surface area is 178 Å². The predicted octanol–water partition coefficient (Wildman–Crippen LogP) is 2.71. The Morgan fingerprint density at radius 2 is 1.71 bits per heavy atom. The van der Waals surface area contributed by atoms with E-state index in [0.29, 0.717) is 11.5 Å². The van der Waals surface area contributed by atoms with Gasteiger partial charge in [-0.15, -0.1) is 0 Å². The van der Waals surface area contributed by atoms with Crippen LogP contribution in [0, 0.1) is 0 Å². The number of likely N-dealkylation sites (N-methyl/N-ethyl adjacent to an activating group) is 1. The van der Waals surface area contributed by atoms with Gasteiger partial charge in [0.1, 0.15) is 11.0 Å². The summed E-state index contributed by atoms with van der Waals surface area (Å²) in [6.07, 6.45) is 5.37. The summed E-state index contributed by atoms with van der Waals surface area (Å²) >= 11 is 0. The van der Waals surface area contributed by atoms with Crippen LogP contribution in [0.3, 0.4) is 0 Å². The summed E-state index contributed by atoms with van der Waals surface area (Å²) < 4.78 is 0. The fraction of sp³-hybridized carbons (Fsp3) is 0.227. The standard InChI is InChI=1S/C22H21N9/c1-30-10-12-31(13-11-30)17-6-9-24-21-19(17)26-22(27-21)20-18-16(28-29-20)3-2-15(25-18)14-4-7-23-8-5-14/h2-9H,10-13H2,1H3,(H,28,29)(H,24,26,27). The maximum atomic E-state index is 4.90. The molecule has 31 heavy (non-hydrogen) atoms. The average Bonchev–Trinajstić information content (AvgIpc) is 3.43. The smallest absolute Gasteiger partial charge is 0.162 e. The molecule has 0 radical (unpaired) electrons. The van der Waals surface area contributed by atoms with Crippen LogP contribution < -0.4 is 4.90 Å². The van der Waals surface area contributed by atoms with Crippen molar-refractivity contribution < 1.29 is 0 Å². The molecule has 0 unspecified atom stereocenters. The molecule has 1 saturated heterocycles. The molecule has 0 atom stereocenters. The molecule has 154 valence electrons. The van der Waals surface area contributed by atoms with Gasteiger partial charge < -0.3 is 14.8 Å². The number of aromatic nitrogens is 7. The lowest BCUT2D eigenvalue weighted by atomic mass is 10.1. The summed E-state index contributed by atoms with van der Waals surface area (Å²) in [6, 6.07) is 9.90. The molecule has 6 rings (SSSR count). The molecule has 0 saturated carbocycles. The number of anilines is 1. The number of nitrogens with zero attached hydrogens (tertiary/aromatic N) is 7. The topological polar surface area (TPSA) is 103 Å². The van der Waals surface area contributed by atoms with Gasteiger partial charge in [0.15, 0.2) is 17.2 Å². The minimum atomic E-state index is 0.662. The van der Waals surface area contributed by atoms with Crippen LogP contribution >= 0.6 is 0 Å². The van der Waals surface area contributed by atoms with Crippen LogP contribution in [-0.4, -0.2) is 73.2 Å². The van der Waals surface area contributed by atoms with Gasteiger partial charge in [-0.3, -0.25) is 10.1 Å². The van der Waals surface area contributed by atoms with E-state index in [1.807, 2.05) is 36.5 Å². The molecule has 0 aliphatic carbocycles. The van der Waals surface area contributed by atoms with Crippen molar-refractivity contribution in [2.75, 3.05) is 38.1 Å². The highest BCUT2D eigenvalue weighted by Crippen LogP contribution is 2.30. The Kier molecular flexibility index (Phi) is 4.13. The van der Waals surface area contributed by atoms with Crippen LogP contribution in [-0.2, 0) is 0 Å². The molecule has 9 nitrogen and oxygen atoms in total. The summed E-state index contributed by atoms with van der Waals surface area (Å²) in [4.78, 5) is 26.4. The SMILES string of the molecule is CN1CCN(c2ccnc3[nH]c(-c4n[nH]c5ccc(-c6ccncc6)nc45)nc23)CC1. The van der Waals surface area contributed by atoms with Crippen LogP contribution in [0.5, 0.6) is 0 Å². The second-order valence-electron chi connectivity index (χ2n) is 7.80. The second-order valence-corrected chi connectivity index (χ2v) is 7.80. The van der Waals surface area contributed by atoms with Crippen LogP contribution in [0.1, 0.15) is 0 Å². The molecule has 1 aliphatic rings. The van der Waals surface area contributed by atoms with E-state index >= 15 is 0 Å². The van der Waals surface area contributed by atoms with Gasteiger partial charge in [0.25, 0.3) is 0 Å². The van der Waals surface area contributed by atoms with Gasteiger partial charge in [0.2, 0.25) is 0 Å². The predicted molar refractivity (Wildman–Crippen MR) is 120 cm³/mol. The van der Waals surface area contributed by atoms with Crippen LogP contribution in [0.25, 0.3) is 45.0 Å². The highest BCUT2D eigenvalue weighted by Gasteiger charge is 2.21. The molecule has 0 aromatic carbocycles. The third kappa shape index (κ3) is 3.10. The average molecular weight is 411 g/mol. The summed E-state index contributed by atoms with van der Waals surface area (Å²) in [5.41, 5.74) is 6.92. The van der Waals surface area contributed by atoms with Crippen molar-refractivity contribution in [2.45, 2.75) is 0 Å². The van der Waals surface area contributed by atoms with E-state index in [1.165, 1.54) is 0 Å². The number of imidazole rings is 1. The molecule has 1 aliphatic heterocycles. The van der Waals surface area contributed by atoms with Crippen molar-refractivity contribution in [1.29, 1.82) is 0 Å². The van der Waals surface area contributed by atoms with Crippen molar-refractivity contribution in [3.05, 3.63) is 48.9 Å². The Balaban J connectivity index is 1.44. The minimum Gasteiger partial charge on any atom is -0.367 e. The van der Waals surface area contributed by atoms with Crippen LogP contribution in [0.15, 0.2) is 48.9 Å². The van der Waals surface area contributed by atoms with E-state index in [2.05, 4.69) is 42.0 Å². The van der Waals surface area contributed by atoms with E-state index in [4.69, 9.17) is 9.97 Å². The monoisotopic (exact) mass is 411 g/mol. The Bertz CT molecular complexity index is 1360. The molecule has 5 aromatic rings. The van der Waals surface area contributed by atoms with E-state index < -0.39 is 0 Å². The number of H-pyrrole nitrogens is 2. The molecule has 1 fully saturated rings. The van der Waals surface area contributed by atoms with E-state index in [1.54, 1.807) is 12.4 Å². The third-order valence-corrected chi connectivity index (χ3v) is 5.82. The zero-order valence-electron chi connectivity index (χ0n) is 17.1. The van der Waals surface area contributed by atoms with Gasteiger partial charge >= 0.3 is 0 Å².